The average molecular weight is 350 g/mol. The summed E-state index contributed by atoms with van der Waals surface area (Å²) in [5.74, 6) is -0.968. The van der Waals surface area contributed by atoms with E-state index >= 15 is 0 Å². The van der Waals surface area contributed by atoms with Crippen molar-refractivity contribution in [3.63, 3.8) is 0 Å². The molecule has 1 heterocycles. The Morgan fingerprint density at radius 1 is 1.32 bits per heavy atom. The van der Waals surface area contributed by atoms with Crippen LogP contribution in [0.3, 0.4) is 0 Å². The molecule has 1 saturated heterocycles. The van der Waals surface area contributed by atoms with Crippen molar-refractivity contribution in [1.29, 1.82) is 0 Å². The summed E-state index contributed by atoms with van der Waals surface area (Å²) in [6.07, 6.45) is 0.0151. The second kappa shape index (κ2) is 9.12. The first-order chi connectivity index (χ1) is 12.0. The summed E-state index contributed by atoms with van der Waals surface area (Å²) in [4.78, 5) is 36.9. The molecule has 0 bridgehead atoms. The lowest BCUT2D eigenvalue weighted by Gasteiger charge is -2.34. The van der Waals surface area contributed by atoms with Crippen LogP contribution in [-0.2, 0) is 20.9 Å². The molecular weight excluding hydrogens is 327 g/mol. The number of carbonyl (C=O) groups excluding carboxylic acids is 3. The highest BCUT2D eigenvalue weighted by Gasteiger charge is 2.31. The molecule has 7 nitrogen and oxygen atoms in total. The van der Waals surface area contributed by atoms with Gasteiger partial charge in [-0.2, -0.15) is 0 Å². The Hall–Kier alpha value is -2.48. The summed E-state index contributed by atoms with van der Waals surface area (Å²) in [5, 5.41) is 8.02. The molecule has 1 aromatic carbocycles. The van der Waals surface area contributed by atoms with E-state index in [-0.39, 0.29) is 30.0 Å². The van der Waals surface area contributed by atoms with Crippen molar-refractivity contribution in [2.45, 2.75) is 25.9 Å². The van der Waals surface area contributed by atoms with E-state index in [2.05, 4.69) is 16.0 Å². The predicted octanol–water partition coefficient (Wildman–Crippen LogP) is -0.231. The number of carbonyl (C=O) groups is 3. The fourth-order valence-corrected chi connectivity index (χ4v) is 2.73. The Balaban J connectivity index is 1.91. The topological polar surface area (TPSA) is 90.5 Å². The third-order valence-corrected chi connectivity index (χ3v) is 3.92. The van der Waals surface area contributed by atoms with E-state index < -0.39 is 6.04 Å². The first-order valence-electron chi connectivity index (χ1n) is 8.23. The summed E-state index contributed by atoms with van der Waals surface area (Å²) in [6, 6.07) is 5.61. The Morgan fingerprint density at radius 2 is 2.08 bits per heavy atom. The van der Waals surface area contributed by atoms with E-state index in [9.17, 15) is 18.8 Å². The molecule has 2 rings (SSSR count). The lowest BCUT2D eigenvalue weighted by Crippen LogP contribution is -2.56. The first-order valence-corrected chi connectivity index (χ1v) is 8.23. The number of benzene rings is 1. The van der Waals surface area contributed by atoms with Crippen LogP contribution >= 0.6 is 0 Å². The highest BCUT2D eigenvalue weighted by atomic mass is 19.1. The zero-order chi connectivity index (χ0) is 18.2. The van der Waals surface area contributed by atoms with Gasteiger partial charge in [-0.3, -0.25) is 19.3 Å². The molecule has 0 saturated carbocycles. The number of rotatable bonds is 7. The van der Waals surface area contributed by atoms with Gasteiger partial charge in [0.05, 0.1) is 12.5 Å². The minimum absolute atomic E-state index is 0.0151. The predicted molar refractivity (Wildman–Crippen MR) is 89.9 cm³/mol. The normalized spacial score (nSPS) is 17.7. The Bertz CT molecular complexity index is 638. The quantitative estimate of drug-likeness (QED) is 0.593. The molecule has 0 aromatic heterocycles. The first kappa shape index (κ1) is 18.9. The average Bonchev–Trinajstić information content (AvgIpc) is 2.55. The lowest BCUT2D eigenvalue weighted by atomic mass is 10.1. The summed E-state index contributed by atoms with van der Waals surface area (Å²) in [6.45, 7) is 3.52. The molecule has 1 atom stereocenters. The number of nitrogens with zero attached hydrogens (tertiary/aromatic N) is 1. The molecule has 1 aliphatic heterocycles. The van der Waals surface area contributed by atoms with Crippen molar-refractivity contribution in [2.24, 2.45) is 0 Å². The van der Waals surface area contributed by atoms with Gasteiger partial charge in [-0.15, -0.1) is 0 Å². The zero-order valence-corrected chi connectivity index (χ0v) is 14.2. The van der Waals surface area contributed by atoms with Gasteiger partial charge in [-0.1, -0.05) is 12.1 Å². The molecule has 0 unspecified atom stereocenters. The maximum Gasteiger partial charge on any atom is 0.237 e. The molecular formula is C17H23FN4O3. The van der Waals surface area contributed by atoms with E-state index in [0.29, 0.717) is 32.7 Å². The van der Waals surface area contributed by atoms with Gasteiger partial charge >= 0.3 is 0 Å². The molecule has 1 aromatic rings. The second-order valence-electron chi connectivity index (χ2n) is 5.94. The molecule has 8 heteroatoms. The van der Waals surface area contributed by atoms with Gasteiger partial charge in [-0.05, 0) is 17.7 Å². The number of hydrogen-bond acceptors (Lipinski definition) is 4. The fourth-order valence-electron chi connectivity index (χ4n) is 2.73. The highest BCUT2D eigenvalue weighted by molar-refractivity contribution is 5.88. The maximum atomic E-state index is 13.3. The summed E-state index contributed by atoms with van der Waals surface area (Å²) in [7, 11) is 0. The monoisotopic (exact) mass is 350 g/mol. The molecule has 0 aliphatic carbocycles. The van der Waals surface area contributed by atoms with Crippen molar-refractivity contribution in [3.8, 4) is 0 Å². The zero-order valence-electron chi connectivity index (χ0n) is 14.2. The Morgan fingerprint density at radius 3 is 2.80 bits per heavy atom. The molecule has 1 aliphatic rings. The molecule has 25 heavy (non-hydrogen) atoms. The van der Waals surface area contributed by atoms with Gasteiger partial charge in [0.1, 0.15) is 5.82 Å². The summed E-state index contributed by atoms with van der Waals surface area (Å²) < 4.78 is 13.3. The number of halogens is 1. The van der Waals surface area contributed by atoms with Crippen LogP contribution in [0.15, 0.2) is 24.3 Å². The molecule has 3 N–H and O–H groups in total. The summed E-state index contributed by atoms with van der Waals surface area (Å²) in [5.41, 5.74) is 0.755. The Labute approximate surface area is 145 Å². The van der Waals surface area contributed by atoms with Crippen molar-refractivity contribution in [3.05, 3.63) is 35.6 Å². The van der Waals surface area contributed by atoms with Crippen LogP contribution in [0.25, 0.3) is 0 Å². The van der Waals surface area contributed by atoms with Gasteiger partial charge in [0.25, 0.3) is 0 Å². The van der Waals surface area contributed by atoms with Crippen LogP contribution in [0.4, 0.5) is 4.39 Å². The Kier molecular flexibility index (Phi) is 6.88. The van der Waals surface area contributed by atoms with Crippen LogP contribution in [0.2, 0.25) is 0 Å². The highest BCUT2D eigenvalue weighted by Crippen LogP contribution is 2.14. The minimum Gasteiger partial charge on any atom is -0.355 e. The standard InChI is InChI=1S/C17H23FN4O3/c1-12(23)19-5-6-20-16(24)10-15-17(25)21-7-8-22(15)11-13-3-2-4-14(18)9-13/h2-4,9,15H,5-8,10-11H2,1H3,(H,19,23)(H,20,24)(H,21,25)/t15-/m0/s1. The van der Waals surface area contributed by atoms with Crippen LogP contribution in [0.1, 0.15) is 18.9 Å². The fraction of sp³-hybridized carbons (Fsp3) is 0.471. The smallest absolute Gasteiger partial charge is 0.237 e. The van der Waals surface area contributed by atoms with Gasteiger partial charge < -0.3 is 16.0 Å². The van der Waals surface area contributed by atoms with Crippen LogP contribution in [0.5, 0.6) is 0 Å². The van der Waals surface area contributed by atoms with Gasteiger partial charge in [-0.25, -0.2) is 4.39 Å². The number of hydrogen-bond donors (Lipinski definition) is 3. The summed E-state index contributed by atoms with van der Waals surface area (Å²) >= 11 is 0. The van der Waals surface area contributed by atoms with E-state index in [1.54, 1.807) is 12.1 Å². The van der Waals surface area contributed by atoms with E-state index in [1.807, 2.05) is 4.90 Å². The minimum atomic E-state index is -0.599. The van der Waals surface area contributed by atoms with Crippen molar-refractivity contribution < 1.29 is 18.8 Å². The van der Waals surface area contributed by atoms with E-state index in [1.165, 1.54) is 19.1 Å². The van der Waals surface area contributed by atoms with E-state index in [4.69, 9.17) is 0 Å². The van der Waals surface area contributed by atoms with Crippen LogP contribution in [0, 0.1) is 5.82 Å². The third-order valence-electron chi connectivity index (χ3n) is 3.92. The molecule has 3 amide bonds. The van der Waals surface area contributed by atoms with Crippen molar-refractivity contribution >= 4 is 17.7 Å². The van der Waals surface area contributed by atoms with Crippen molar-refractivity contribution in [1.82, 2.24) is 20.9 Å². The number of amides is 3. The van der Waals surface area contributed by atoms with E-state index in [0.717, 1.165) is 5.56 Å². The number of nitrogens with one attached hydrogen (secondary N) is 3. The number of piperazine rings is 1. The van der Waals surface area contributed by atoms with Gasteiger partial charge in [0.2, 0.25) is 17.7 Å². The maximum absolute atomic E-state index is 13.3. The molecule has 136 valence electrons. The largest absolute Gasteiger partial charge is 0.355 e. The molecule has 1 fully saturated rings. The second-order valence-corrected chi connectivity index (χ2v) is 5.94. The third kappa shape index (κ3) is 6.15. The van der Waals surface area contributed by atoms with Gasteiger partial charge in [0, 0.05) is 39.6 Å². The molecule has 0 radical (unpaired) electrons. The van der Waals surface area contributed by atoms with Crippen LogP contribution < -0.4 is 16.0 Å². The SMILES string of the molecule is CC(=O)NCCNC(=O)C[C@H]1C(=O)NCCN1Cc1cccc(F)c1. The van der Waals surface area contributed by atoms with Crippen molar-refractivity contribution in [2.75, 3.05) is 26.2 Å². The molecule has 0 spiro atoms. The van der Waals surface area contributed by atoms with Gasteiger partial charge in [0.15, 0.2) is 0 Å². The lowest BCUT2D eigenvalue weighted by molar-refractivity contribution is -0.134. The van der Waals surface area contributed by atoms with Crippen LogP contribution in [-0.4, -0.2) is 54.8 Å².